The predicted octanol–water partition coefficient (Wildman–Crippen LogP) is 2.66. The highest BCUT2D eigenvalue weighted by molar-refractivity contribution is 4.72. The van der Waals surface area contributed by atoms with Crippen LogP contribution in [0.5, 0.6) is 0 Å². The maximum absolute atomic E-state index is 5.47. The molecule has 0 bridgehead atoms. The van der Waals surface area contributed by atoms with Crippen LogP contribution in [0.2, 0.25) is 0 Å². The van der Waals surface area contributed by atoms with Gasteiger partial charge in [-0.3, -0.25) is 0 Å². The summed E-state index contributed by atoms with van der Waals surface area (Å²) >= 11 is 0. The van der Waals surface area contributed by atoms with Crippen molar-refractivity contribution >= 4 is 0 Å². The third kappa shape index (κ3) is 7.20. The predicted molar refractivity (Wildman–Crippen MR) is 68.5 cm³/mol. The van der Waals surface area contributed by atoms with Crippen molar-refractivity contribution in [1.82, 2.24) is 5.32 Å². The van der Waals surface area contributed by atoms with Crippen molar-refractivity contribution in [2.75, 3.05) is 26.3 Å². The molecule has 0 aromatic heterocycles. The maximum atomic E-state index is 5.47. The molecule has 0 radical (unpaired) electrons. The van der Waals surface area contributed by atoms with E-state index in [9.17, 15) is 0 Å². The summed E-state index contributed by atoms with van der Waals surface area (Å²) in [6, 6.07) is 0. The Labute approximate surface area is 101 Å². The van der Waals surface area contributed by atoms with Gasteiger partial charge in [0.05, 0.1) is 0 Å². The fourth-order valence-electron chi connectivity index (χ4n) is 1.26. The highest BCUT2D eigenvalue weighted by Gasteiger charge is 2.19. The SMILES string of the molecule is CCOC(CNCC(C)C(C)(C)C)OCC. The van der Waals surface area contributed by atoms with E-state index in [2.05, 4.69) is 33.0 Å². The van der Waals surface area contributed by atoms with Crippen molar-refractivity contribution < 1.29 is 9.47 Å². The van der Waals surface area contributed by atoms with Gasteiger partial charge in [0.25, 0.3) is 0 Å². The first-order chi connectivity index (χ1) is 7.41. The lowest BCUT2D eigenvalue weighted by Crippen LogP contribution is -2.36. The Hall–Kier alpha value is -0.120. The zero-order chi connectivity index (χ0) is 12.6. The van der Waals surface area contributed by atoms with Crippen LogP contribution in [0.4, 0.5) is 0 Å². The van der Waals surface area contributed by atoms with Gasteiger partial charge in [0, 0.05) is 19.8 Å². The molecule has 0 saturated heterocycles. The van der Waals surface area contributed by atoms with E-state index in [4.69, 9.17) is 9.47 Å². The average Bonchev–Trinajstić information content (AvgIpc) is 2.16. The zero-order valence-corrected chi connectivity index (χ0v) is 11.8. The Morgan fingerprint density at radius 2 is 1.50 bits per heavy atom. The van der Waals surface area contributed by atoms with Gasteiger partial charge in [0.2, 0.25) is 0 Å². The Morgan fingerprint density at radius 1 is 1.00 bits per heavy atom. The lowest BCUT2D eigenvalue weighted by Gasteiger charge is -2.28. The second-order valence-electron chi connectivity index (χ2n) is 5.27. The summed E-state index contributed by atoms with van der Waals surface area (Å²) in [6.45, 7) is 16.2. The van der Waals surface area contributed by atoms with Gasteiger partial charge >= 0.3 is 0 Å². The summed E-state index contributed by atoms with van der Waals surface area (Å²) in [7, 11) is 0. The Kier molecular flexibility index (Phi) is 7.98. The molecule has 0 fully saturated rings. The number of nitrogens with one attached hydrogen (secondary N) is 1. The van der Waals surface area contributed by atoms with Crippen molar-refractivity contribution in [1.29, 1.82) is 0 Å². The summed E-state index contributed by atoms with van der Waals surface area (Å²) in [5.74, 6) is 0.636. The van der Waals surface area contributed by atoms with Gasteiger partial charge in [-0.2, -0.15) is 0 Å². The van der Waals surface area contributed by atoms with Crippen molar-refractivity contribution in [3.63, 3.8) is 0 Å². The van der Waals surface area contributed by atoms with E-state index in [1.165, 1.54) is 0 Å². The zero-order valence-electron chi connectivity index (χ0n) is 11.8. The Morgan fingerprint density at radius 3 is 1.88 bits per heavy atom. The average molecular weight is 231 g/mol. The van der Waals surface area contributed by atoms with Gasteiger partial charge in [-0.1, -0.05) is 27.7 Å². The van der Waals surface area contributed by atoms with Crippen LogP contribution in [-0.4, -0.2) is 32.6 Å². The molecule has 98 valence electrons. The molecule has 0 rings (SSSR count). The summed E-state index contributed by atoms with van der Waals surface area (Å²) in [5, 5.41) is 3.41. The molecule has 1 unspecified atom stereocenters. The minimum Gasteiger partial charge on any atom is -0.352 e. The number of rotatable bonds is 8. The first kappa shape index (κ1) is 15.9. The Bertz CT molecular complexity index is 160. The Balaban J connectivity index is 3.76. The molecule has 0 aliphatic heterocycles. The van der Waals surface area contributed by atoms with Gasteiger partial charge in [0.15, 0.2) is 6.29 Å². The molecule has 0 aliphatic carbocycles. The van der Waals surface area contributed by atoms with Crippen LogP contribution >= 0.6 is 0 Å². The van der Waals surface area contributed by atoms with Gasteiger partial charge in [0.1, 0.15) is 0 Å². The maximum Gasteiger partial charge on any atom is 0.169 e. The molecule has 0 aromatic carbocycles. The van der Waals surface area contributed by atoms with Crippen LogP contribution in [-0.2, 0) is 9.47 Å². The van der Waals surface area contributed by atoms with Crippen molar-refractivity contribution in [2.45, 2.75) is 47.8 Å². The smallest absolute Gasteiger partial charge is 0.169 e. The molecule has 3 nitrogen and oxygen atoms in total. The van der Waals surface area contributed by atoms with Gasteiger partial charge in [-0.25, -0.2) is 0 Å². The highest BCUT2D eigenvalue weighted by Crippen LogP contribution is 2.24. The second-order valence-corrected chi connectivity index (χ2v) is 5.27. The van der Waals surface area contributed by atoms with E-state index >= 15 is 0 Å². The molecule has 0 aromatic rings. The minimum atomic E-state index is -0.109. The highest BCUT2D eigenvalue weighted by atomic mass is 16.7. The topological polar surface area (TPSA) is 30.5 Å². The van der Waals surface area contributed by atoms with E-state index in [1.807, 2.05) is 13.8 Å². The molecule has 0 saturated carbocycles. The van der Waals surface area contributed by atoms with Gasteiger partial charge in [-0.05, 0) is 31.7 Å². The summed E-state index contributed by atoms with van der Waals surface area (Å²) in [5.41, 5.74) is 0.347. The van der Waals surface area contributed by atoms with Crippen molar-refractivity contribution in [3.05, 3.63) is 0 Å². The fourth-order valence-corrected chi connectivity index (χ4v) is 1.26. The summed E-state index contributed by atoms with van der Waals surface area (Å²) < 4.78 is 10.9. The third-order valence-corrected chi connectivity index (χ3v) is 2.95. The van der Waals surface area contributed by atoms with E-state index < -0.39 is 0 Å². The van der Waals surface area contributed by atoms with Gasteiger partial charge < -0.3 is 14.8 Å². The van der Waals surface area contributed by atoms with Crippen LogP contribution in [0.15, 0.2) is 0 Å². The number of ether oxygens (including phenoxy) is 2. The minimum absolute atomic E-state index is 0.109. The molecule has 0 heterocycles. The molecular formula is C13H29NO2. The number of hydrogen-bond acceptors (Lipinski definition) is 3. The molecule has 0 amide bonds. The first-order valence-corrected chi connectivity index (χ1v) is 6.35. The van der Waals surface area contributed by atoms with Crippen LogP contribution in [0.3, 0.4) is 0 Å². The van der Waals surface area contributed by atoms with E-state index in [0.29, 0.717) is 24.5 Å². The third-order valence-electron chi connectivity index (χ3n) is 2.95. The van der Waals surface area contributed by atoms with Crippen LogP contribution in [0.1, 0.15) is 41.5 Å². The van der Waals surface area contributed by atoms with Crippen molar-refractivity contribution in [3.8, 4) is 0 Å². The van der Waals surface area contributed by atoms with E-state index in [1.54, 1.807) is 0 Å². The molecular weight excluding hydrogens is 202 g/mol. The molecule has 0 aliphatic rings. The van der Waals surface area contributed by atoms with E-state index in [-0.39, 0.29) is 6.29 Å². The summed E-state index contributed by atoms with van der Waals surface area (Å²) in [6.07, 6.45) is -0.109. The largest absolute Gasteiger partial charge is 0.352 e. The van der Waals surface area contributed by atoms with Crippen LogP contribution in [0.25, 0.3) is 0 Å². The monoisotopic (exact) mass is 231 g/mol. The van der Waals surface area contributed by atoms with Crippen LogP contribution < -0.4 is 5.32 Å². The normalized spacial score (nSPS) is 14.4. The molecule has 0 spiro atoms. The lowest BCUT2D eigenvalue weighted by molar-refractivity contribution is -0.133. The fraction of sp³-hybridized carbons (Fsp3) is 1.00. The number of hydrogen-bond donors (Lipinski definition) is 1. The molecule has 16 heavy (non-hydrogen) atoms. The molecule has 3 heteroatoms. The van der Waals surface area contributed by atoms with E-state index in [0.717, 1.165) is 13.1 Å². The van der Waals surface area contributed by atoms with Crippen LogP contribution in [0, 0.1) is 11.3 Å². The molecule has 1 atom stereocenters. The standard InChI is InChI=1S/C13H29NO2/c1-7-15-12(16-8-2)10-14-9-11(3)13(4,5)6/h11-12,14H,7-10H2,1-6H3. The van der Waals surface area contributed by atoms with Crippen molar-refractivity contribution in [2.24, 2.45) is 11.3 Å². The summed E-state index contributed by atoms with van der Waals surface area (Å²) in [4.78, 5) is 0. The lowest BCUT2D eigenvalue weighted by atomic mass is 9.82. The van der Waals surface area contributed by atoms with Gasteiger partial charge in [-0.15, -0.1) is 0 Å². The first-order valence-electron chi connectivity index (χ1n) is 6.35. The molecule has 1 N–H and O–H groups in total. The quantitative estimate of drug-likeness (QED) is 0.651. The second kappa shape index (κ2) is 8.04.